The quantitative estimate of drug-likeness (QED) is 0.138. The largest absolute Gasteiger partial charge is 0.507 e. The van der Waals surface area contributed by atoms with Crippen LogP contribution in [0.25, 0.3) is 5.76 Å². The van der Waals surface area contributed by atoms with Gasteiger partial charge in [-0.2, -0.15) is 0 Å². The number of aryl methyl sites for hydroxylation is 2. The summed E-state index contributed by atoms with van der Waals surface area (Å²) in [4.78, 5) is 44.7. The lowest BCUT2D eigenvalue weighted by Gasteiger charge is -2.23. The lowest BCUT2D eigenvalue weighted by Crippen LogP contribution is -2.29. The number of aliphatic hydroxyl groups is 1. The molecule has 1 saturated heterocycles. The normalized spacial score (nSPS) is 16.5. The lowest BCUT2D eigenvalue weighted by molar-refractivity contribution is -0.132. The Kier molecular flexibility index (Phi) is 7.72. The van der Waals surface area contributed by atoms with E-state index in [4.69, 9.17) is 9.47 Å². The van der Waals surface area contributed by atoms with Crippen LogP contribution < -0.4 is 9.64 Å². The lowest BCUT2D eigenvalue weighted by atomic mass is 9.95. The SMILES string of the molecule is C=CCOc1ccc(/C(O)=C2/C(=O)C(=O)N(c3nc(C)c(C(=O)OCC)s3)C2c2ccc(F)cc2)cc1C. The van der Waals surface area contributed by atoms with Crippen LogP contribution in [0, 0.1) is 19.7 Å². The fraction of sp³-hybridized carbons (Fsp3) is 0.214. The van der Waals surface area contributed by atoms with Gasteiger partial charge in [-0.1, -0.05) is 36.1 Å². The van der Waals surface area contributed by atoms with E-state index in [-0.39, 0.29) is 22.2 Å². The molecule has 1 aliphatic rings. The molecule has 1 aliphatic heterocycles. The number of ether oxygens (including phenoxy) is 2. The van der Waals surface area contributed by atoms with Crippen molar-refractivity contribution in [2.24, 2.45) is 0 Å². The van der Waals surface area contributed by atoms with E-state index in [0.29, 0.717) is 34.7 Å². The highest BCUT2D eigenvalue weighted by atomic mass is 32.1. The predicted octanol–water partition coefficient (Wildman–Crippen LogP) is 5.27. The Hall–Kier alpha value is -4.31. The van der Waals surface area contributed by atoms with Crippen LogP contribution in [0.2, 0.25) is 0 Å². The smallest absolute Gasteiger partial charge is 0.350 e. The van der Waals surface area contributed by atoms with Gasteiger partial charge in [-0.05, 0) is 62.2 Å². The Labute approximate surface area is 222 Å². The number of aliphatic hydroxyl groups excluding tert-OH is 1. The van der Waals surface area contributed by atoms with Gasteiger partial charge < -0.3 is 14.6 Å². The van der Waals surface area contributed by atoms with E-state index < -0.39 is 35.3 Å². The van der Waals surface area contributed by atoms with E-state index in [1.165, 1.54) is 24.3 Å². The molecule has 38 heavy (non-hydrogen) atoms. The second-order valence-corrected chi connectivity index (χ2v) is 9.41. The first kappa shape index (κ1) is 26.7. The van der Waals surface area contributed by atoms with E-state index in [2.05, 4.69) is 11.6 Å². The Morgan fingerprint density at radius 2 is 1.92 bits per heavy atom. The number of halogens is 1. The van der Waals surface area contributed by atoms with Gasteiger partial charge in [-0.25, -0.2) is 14.2 Å². The number of anilines is 1. The van der Waals surface area contributed by atoms with Crippen molar-refractivity contribution < 1.29 is 33.4 Å². The zero-order valence-electron chi connectivity index (χ0n) is 21.0. The van der Waals surface area contributed by atoms with Crippen LogP contribution in [-0.2, 0) is 14.3 Å². The number of hydrogen-bond acceptors (Lipinski definition) is 8. The Morgan fingerprint density at radius 1 is 1.21 bits per heavy atom. The van der Waals surface area contributed by atoms with Crippen molar-refractivity contribution in [1.29, 1.82) is 0 Å². The van der Waals surface area contributed by atoms with Crippen LogP contribution >= 0.6 is 11.3 Å². The maximum absolute atomic E-state index is 13.8. The van der Waals surface area contributed by atoms with E-state index in [9.17, 15) is 23.9 Å². The molecule has 1 unspecified atom stereocenters. The van der Waals surface area contributed by atoms with Gasteiger partial charge in [0.25, 0.3) is 5.78 Å². The van der Waals surface area contributed by atoms with E-state index in [1.807, 2.05) is 0 Å². The first-order valence-electron chi connectivity index (χ1n) is 11.7. The molecule has 3 aromatic rings. The highest BCUT2D eigenvalue weighted by Crippen LogP contribution is 2.44. The molecule has 2 heterocycles. The van der Waals surface area contributed by atoms with Crippen molar-refractivity contribution >= 4 is 39.9 Å². The molecule has 8 nitrogen and oxygen atoms in total. The second kappa shape index (κ2) is 11.0. The minimum atomic E-state index is -1.12. The fourth-order valence-electron chi connectivity index (χ4n) is 4.12. The predicted molar refractivity (Wildman–Crippen MR) is 141 cm³/mol. The highest BCUT2D eigenvalue weighted by Gasteiger charge is 2.48. The monoisotopic (exact) mass is 536 g/mol. The summed E-state index contributed by atoms with van der Waals surface area (Å²) in [5.41, 5.74) is 1.50. The number of hydrogen-bond donors (Lipinski definition) is 1. The average molecular weight is 537 g/mol. The molecular formula is C28H25FN2O6S. The van der Waals surface area contributed by atoms with Gasteiger partial charge in [0.15, 0.2) is 5.13 Å². The van der Waals surface area contributed by atoms with Crippen LogP contribution in [0.5, 0.6) is 5.75 Å². The number of carbonyl (C=O) groups is 3. The first-order chi connectivity index (χ1) is 18.2. The molecule has 1 amide bonds. The van der Waals surface area contributed by atoms with Crippen LogP contribution in [-0.4, -0.2) is 41.0 Å². The molecule has 2 aromatic carbocycles. The minimum absolute atomic E-state index is 0.0744. The summed E-state index contributed by atoms with van der Waals surface area (Å²) in [5.74, 6) is -2.82. The molecule has 0 aliphatic carbocycles. The molecule has 0 bridgehead atoms. The van der Waals surface area contributed by atoms with Crippen LogP contribution in [0.15, 0.2) is 60.7 Å². The zero-order chi connectivity index (χ0) is 27.6. The number of benzene rings is 2. The number of thiazole rings is 1. The molecule has 0 saturated carbocycles. The minimum Gasteiger partial charge on any atom is -0.507 e. The summed E-state index contributed by atoms with van der Waals surface area (Å²) in [7, 11) is 0. The Morgan fingerprint density at radius 3 is 2.55 bits per heavy atom. The summed E-state index contributed by atoms with van der Waals surface area (Å²) in [6, 6.07) is 8.98. The number of esters is 1. The van der Waals surface area contributed by atoms with Crippen molar-refractivity contribution in [2.45, 2.75) is 26.8 Å². The molecule has 196 valence electrons. The number of ketones is 1. The average Bonchev–Trinajstić information content (AvgIpc) is 3.40. The zero-order valence-corrected chi connectivity index (χ0v) is 21.8. The topological polar surface area (TPSA) is 106 Å². The van der Waals surface area contributed by atoms with Gasteiger partial charge in [-0.3, -0.25) is 14.5 Å². The van der Waals surface area contributed by atoms with Crippen LogP contribution in [0.4, 0.5) is 9.52 Å². The first-order valence-corrected chi connectivity index (χ1v) is 12.5. The third-order valence-corrected chi connectivity index (χ3v) is 7.02. The summed E-state index contributed by atoms with van der Waals surface area (Å²) >= 11 is 0.898. The molecule has 1 aromatic heterocycles. The highest BCUT2D eigenvalue weighted by molar-refractivity contribution is 7.17. The van der Waals surface area contributed by atoms with Crippen molar-refractivity contribution in [3.8, 4) is 5.75 Å². The van der Waals surface area contributed by atoms with Crippen LogP contribution in [0.1, 0.15) is 45.0 Å². The summed E-state index contributed by atoms with van der Waals surface area (Å²) in [6.45, 7) is 9.11. The third kappa shape index (κ3) is 4.95. The third-order valence-electron chi connectivity index (χ3n) is 5.89. The van der Waals surface area contributed by atoms with Crippen molar-refractivity contribution in [3.05, 3.63) is 93.8 Å². The van der Waals surface area contributed by atoms with E-state index in [1.54, 1.807) is 45.0 Å². The molecule has 10 heteroatoms. The van der Waals surface area contributed by atoms with Crippen molar-refractivity contribution in [3.63, 3.8) is 0 Å². The Balaban J connectivity index is 1.87. The van der Waals surface area contributed by atoms with Gasteiger partial charge in [0.05, 0.1) is 23.9 Å². The van der Waals surface area contributed by atoms with Crippen molar-refractivity contribution in [1.82, 2.24) is 4.98 Å². The van der Waals surface area contributed by atoms with E-state index in [0.717, 1.165) is 16.2 Å². The molecule has 1 fully saturated rings. The summed E-state index contributed by atoms with van der Waals surface area (Å²) in [5, 5.41) is 11.4. The van der Waals surface area contributed by atoms with Crippen molar-refractivity contribution in [2.75, 3.05) is 18.1 Å². The number of rotatable bonds is 8. The fourth-order valence-corrected chi connectivity index (χ4v) is 5.11. The maximum Gasteiger partial charge on any atom is 0.350 e. The van der Waals surface area contributed by atoms with Crippen LogP contribution in [0.3, 0.4) is 0 Å². The van der Waals surface area contributed by atoms with Gasteiger partial charge >= 0.3 is 11.9 Å². The molecular weight excluding hydrogens is 511 g/mol. The Bertz CT molecular complexity index is 1460. The molecule has 1 N–H and O–H groups in total. The summed E-state index contributed by atoms with van der Waals surface area (Å²) < 4.78 is 24.4. The van der Waals surface area contributed by atoms with Gasteiger partial charge in [0.1, 0.15) is 28.8 Å². The number of amides is 1. The molecule has 0 spiro atoms. The number of nitrogens with zero attached hydrogens (tertiary/aromatic N) is 2. The number of carbonyl (C=O) groups excluding carboxylic acids is 3. The van der Waals surface area contributed by atoms with Gasteiger partial charge in [0.2, 0.25) is 0 Å². The maximum atomic E-state index is 13.8. The van der Waals surface area contributed by atoms with Gasteiger partial charge in [0, 0.05) is 5.56 Å². The molecule has 1 atom stereocenters. The van der Waals surface area contributed by atoms with Gasteiger partial charge in [-0.15, -0.1) is 0 Å². The second-order valence-electron chi connectivity index (χ2n) is 8.43. The number of aromatic nitrogens is 1. The summed E-state index contributed by atoms with van der Waals surface area (Å²) in [6.07, 6.45) is 1.60. The molecule has 0 radical (unpaired) electrons. The molecule has 4 rings (SSSR count). The standard InChI is InChI=1S/C28H25FN2O6S/c1-5-13-37-20-12-9-18(14-15(20)3)23(32)21-22(17-7-10-19(29)11-8-17)31(26(34)24(21)33)28-30-16(4)25(38-28)27(35)36-6-2/h5,7-12,14,22,32H,1,6,13H2,2-4H3/b23-21-. The number of Topliss-reactive ketones (excluding diaryl/α,β-unsaturated/α-hetero) is 1. The van der Waals surface area contributed by atoms with E-state index >= 15 is 0 Å².